The van der Waals surface area contributed by atoms with E-state index in [0.717, 1.165) is 5.56 Å². The highest BCUT2D eigenvalue weighted by Crippen LogP contribution is 2.15. The minimum absolute atomic E-state index is 0.130. The van der Waals surface area contributed by atoms with Crippen molar-refractivity contribution in [3.8, 4) is 6.07 Å². The van der Waals surface area contributed by atoms with Gasteiger partial charge in [0.25, 0.3) is 0 Å². The van der Waals surface area contributed by atoms with Gasteiger partial charge in [-0.15, -0.1) is 0 Å². The van der Waals surface area contributed by atoms with Crippen molar-refractivity contribution in [1.29, 1.82) is 5.26 Å². The molecule has 74 valence electrons. The standard InChI is InChI=1S/C10H10ClFN2/c11-9-3-2-8(6-10(9)12)7-14-5-1-4-13/h2-3,6,14H,1,5,7H2. The minimum Gasteiger partial charge on any atom is -0.312 e. The molecule has 0 saturated carbocycles. The zero-order chi connectivity index (χ0) is 10.4. The van der Waals surface area contributed by atoms with Crippen molar-refractivity contribution in [1.82, 2.24) is 5.32 Å². The van der Waals surface area contributed by atoms with Crippen molar-refractivity contribution in [3.63, 3.8) is 0 Å². The molecule has 1 aromatic carbocycles. The first-order chi connectivity index (χ1) is 6.74. The van der Waals surface area contributed by atoms with E-state index < -0.39 is 5.82 Å². The van der Waals surface area contributed by atoms with E-state index in [1.165, 1.54) is 12.1 Å². The zero-order valence-corrected chi connectivity index (χ0v) is 8.31. The summed E-state index contributed by atoms with van der Waals surface area (Å²) in [5, 5.41) is 11.4. The third-order valence-electron chi connectivity index (χ3n) is 1.73. The number of rotatable bonds is 4. The smallest absolute Gasteiger partial charge is 0.142 e. The van der Waals surface area contributed by atoms with Gasteiger partial charge in [0, 0.05) is 19.5 Å². The maximum Gasteiger partial charge on any atom is 0.142 e. The van der Waals surface area contributed by atoms with E-state index in [2.05, 4.69) is 5.32 Å². The molecular weight excluding hydrogens is 203 g/mol. The molecule has 0 aromatic heterocycles. The van der Waals surface area contributed by atoms with Crippen molar-refractivity contribution in [2.24, 2.45) is 0 Å². The first-order valence-electron chi connectivity index (χ1n) is 4.25. The molecule has 0 bridgehead atoms. The molecule has 1 rings (SSSR count). The summed E-state index contributed by atoms with van der Waals surface area (Å²) >= 11 is 5.53. The summed E-state index contributed by atoms with van der Waals surface area (Å²) in [5.74, 6) is -0.411. The van der Waals surface area contributed by atoms with Crippen LogP contribution < -0.4 is 5.32 Å². The first kappa shape index (κ1) is 11.0. The maximum atomic E-state index is 12.9. The summed E-state index contributed by atoms with van der Waals surface area (Å²) in [6.45, 7) is 1.16. The van der Waals surface area contributed by atoms with Gasteiger partial charge in [0.1, 0.15) is 5.82 Å². The van der Waals surface area contributed by atoms with E-state index in [1.807, 2.05) is 6.07 Å². The Morgan fingerprint density at radius 3 is 2.93 bits per heavy atom. The fraction of sp³-hybridized carbons (Fsp3) is 0.300. The molecule has 1 aromatic rings. The summed E-state index contributed by atoms with van der Waals surface area (Å²) in [6.07, 6.45) is 0.454. The van der Waals surface area contributed by atoms with Gasteiger partial charge in [0.2, 0.25) is 0 Å². The van der Waals surface area contributed by atoms with E-state index in [9.17, 15) is 4.39 Å². The third-order valence-corrected chi connectivity index (χ3v) is 2.03. The molecule has 0 aliphatic carbocycles. The van der Waals surface area contributed by atoms with Gasteiger partial charge >= 0.3 is 0 Å². The first-order valence-corrected chi connectivity index (χ1v) is 4.63. The van der Waals surface area contributed by atoms with E-state index in [-0.39, 0.29) is 5.02 Å². The van der Waals surface area contributed by atoms with Gasteiger partial charge in [0.15, 0.2) is 0 Å². The van der Waals surface area contributed by atoms with Crippen LogP contribution in [0.2, 0.25) is 5.02 Å². The van der Waals surface area contributed by atoms with Gasteiger partial charge in [-0.25, -0.2) is 4.39 Å². The van der Waals surface area contributed by atoms with Crippen LogP contribution in [0.4, 0.5) is 4.39 Å². The Morgan fingerprint density at radius 2 is 2.29 bits per heavy atom. The molecule has 0 spiro atoms. The van der Waals surface area contributed by atoms with Crippen molar-refractivity contribution in [2.75, 3.05) is 6.54 Å². The second-order valence-corrected chi connectivity index (χ2v) is 3.24. The molecule has 0 amide bonds. The largest absolute Gasteiger partial charge is 0.312 e. The number of halogens is 2. The Hall–Kier alpha value is -1.11. The molecule has 0 unspecified atom stereocenters. The lowest BCUT2D eigenvalue weighted by atomic mass is 10.2. The number of hydrogen-bond donors (Lipinski definition) is 1. The van der Waals surface area contributed by atoms with Gasteiger partial charge in [-0.3, -0.25) is 0 Å². The van der Waals surface area contributed by atoms with Crippen LogP contribution in [0.1, 0.15) is 12.0 Å². The number of nitrogens with one attached hydrogen (secondary N) is 1. The Bertz CT molecular complexity index is 346. The molecule has 0 atom stereocenters. The topological polar surface area (TPSA) is 35.8 Å². The fourth-order valence-corrected chi connectivity index (χ4v) is 1.14. The Kier molecular flexibility index (Phi) is 4.37. The maximum absolute atomic E-state index is 12.9. The van der Waals surface area contributed by atoms with E-state index >= 15 is 0 Å². The molecule has 4 heteroatoms. The van der Waals surface area contributed by atoms with E-state index in [4.69, 9.17) is 16.9 Å². The van der Waals surface area contributed by atoms with Crippen LogP contribution >= 0.6 is 11.6 Å². The third kappa shape index (κ3) is 3.33. The van der Waals surface area contributed by atoms with Crippen LogP contribution in [0.25, 0.3) is 0 Å². The molecule has 0 heterocycles. The second-order valence-electron chi connectivity index (χ2n) is 2.83. The lowest BCUT2D eigenvalue weighted by Gasteiger charge is -2.03. The van der Waals surface area contributed by atoms with E-state index in [0.29, 0.717) is 19.5 Å². The monoisotopic (exact) mass is 212 g/mol. The molecule has 0 radical (unpaired) electrons. The second kappa shape index (κ2) is 5.58. The van der Waals surface area contributed by atoms with Crippen LogP contribution in [0.15, 0.2) is 18.2 Å². The van der Waals surface area contributed by atoms with Crippen LogP contribution in [0, 0.1) is 17.1 Å². The van der Waals surface area contributed by atoms with E-state index in [1.54, 1.807) is 6.07 Å². The van der Waals surface area contributed by atoms with Gasteiger partial charge in [-0.2, -0.15) is 5.26 Å². The molecule has 14 heavy (non-hydrogen) atoms. The van der Waals surface area contributed by atoms with Crippen molar-refractivity contribution in [2.45, 2.75) is 13.0 Å². The minimum atomic E-state index is -0.411. The molecule has 0 aliphatic heterocycles. The zero-order valence-electron chi connectivity index (χ0n) is 7.56. The summed E-state index contributed by atoms with van der Waals surface area (Å²) in [4.78, 5) is 0. The molecule has 0 aliphatic rings. The van der Waals surface area contributed by atoms with Gasteiger partial charge in [0.05, 0.1) is 11.1 Å². The average Bonchev–Trinajstić information content (AvgIpc) is 2.18. The quantitative estimate of drug-likeness (QED) is 0.779. The summed E-state index contributed by atoms with van der Waals surface area (Å²) in [5.41, 5.74) is 0.824. The van der Waals surface area contributed by atoms with Crippen LogP contribution in [0.3, 0.4) is 0 Å². The SMILES string of the molecule is N#CCCNCc1ccc(Cl)c(F)c1. The lowest BCUT2D eigenvalue weighted by molar-refractivity contribution is 0.621. The number of nitriles is 1. The highest BCUT2D eigenvalue weighted by molar-refractivity contribution is 6.30. The predicted molar refractivity (Wildman–Crippen MR) is 53.3 cm³/mol. The van der Waals surface area contributed by atoms with Crippen molar-refractivity contribution in [3.05, 3.63) is 34.6 Å². The highest BCUT2D eigenvalue weighted by atomic mass is 35.5. The number of benzene rings is 1. The summed E-state index contributed by atoms with van der Waals surface area (Å²) < 4.78 is 12.9. The van der Waals surface area contributed by atoms with Crippen molar-refractivity contribution >= 4 is 11.6 Å². The molecule has 0 saturated heterocycles. The van der Waals surface area contributed by atoms with Crippen LogP contribution in [-0.2, 0) is 6.54 Å². The molecule has 2 nitrogen and oxygen atoms in total. The summed E-state index contributed by atoms with van der Waals surface area (Å²) in [7, 11) is 0. The predicted octanol–water partition coefficient (Wildman–Crippen LogP) is 2.48. The van der Waals surface area contributed by atoms with Gasteiger partial charge < -0.3 is 5.32 Å². The summed E-state index contributed by atoms with van der Waals surface area (Å²) in [6, 6.07) is 6.69. The lowest BCUT2D eigenvalue weighted by Crippen LogP contribution is -2.14. The Labute approximate surface area is 87.3 Å². The molecule has 1 N–H and O–H groups in total. The van der Waals surface area contributed by atoms with Crippen LogP contribution in [0.5, 0.6) is 0 Å². The molecular formula is C10H10ClFN2. The fourth-order valence-electron chi connectivity index (χ4n) is 1.03. The number of nitrogens with zero attached hydrogens (tertiary/aromatic N) is 1. The highest BCUT2D eigenvalue weighted by Gasteiger charge is 1.99. The molecule has 0 fully saturated rings. The Morgan fingerprint density at radius 1 is 1.50 bits per heavy atom. The van der Waals surface area contributed by atoms with Gasteiger partial charge in [-0.05, 0) is 17.7 Å². The van der Waals surface area contributed by atoms with Crippen molar-refractivity contribution < 1.29 is 4.39 Å². The Balaban J connectivity index is 2.44. The number of hydrogen-bond acceptors (Lipinski definition) is 2. The average molecular weight is 213 g/mol. The van der Waals surface area contributed by atoms with Gasteiger partial charge in [-0.1, -0.05) is 17.7 Å². The normalized spacial score (nSPS) is 9.79. The van der Waals surface area contributed by atoms with Crippen LogP contribution in [-0.4, -0.2) is 6.54 Å².